The lowest BCUT2D eigenvalue weighted by Crippen LogP contribution is -2.48. The van der Waals surface area contributed by atoms with Crippen LogP contribution in [0, 0.1) is 0 Å². The van der Waals surface area contributed by atoms with Crippen molar-refractivity contribution >= 4 is 41.9 Å². The Kier molecular flexibility index (Phi) is 4.49. The van der Waals surface area contributed by atoms with Crippen LogP contribution in [0.2, 0.25) is 0 Å². The Bertz CT molecular complexity index is 638. The molecule has 2 aliphatic heterocycles. The first-order valence-electron chi connectivity index (χ1n) is 7.07. The summed E-state index contributed by atoms with van der Waals surface area (Å²) in [6.45, 7) is 0. The first-order chi connectivity index (χ1) is 9.88. The molecule has 0 saturated carbocycles. The number of rotatable bonds is 3. The third kappa shape index (κ3) is 3.08. The summed E-state index contributed by atoms with van der Waals surface area (Å²) in [7, 11) is -1.78. The van der Waals surface area contributed by atoms with Crippen molar-refractivity contribution in [1.29, 1.82) is 0 Å². The van der Waals surface area contributed by atoms with Gasteiger partial charge in [0.25, 0.3) is 0 Å². The molecule has 2 bridgehead atoms. The van der Waals surface area contributed by atoms with E-state index < -0.39 is 10.0 Å². The number of hydrogen-bond donors (Lipinski definition) is 1. The summed E-state index contributed by atoms with van der Waals surface area (Å²) in [5.74, 6) is 0. The molecule has 0 radical (unpaired) electrons. The van der Waals surface area contributed by atoms with Gasteiger partial charge in [0, 0.05) is 34.1 Å². The number of halogens is 2. The minimum atomic E-state index is -3.48. The largest absolute Gasteiger partial charge is 0.311 e. The van der Waals surface area contributed by atoms with Crippen molar-refractivity contribution in [3.63, 3.8) is 0 Å². The molecule has 2 aliphatic rings. The van der Waals surface area contributed by atoms with E-state index in [2.05, 4.69) is 37.2 Å². The SMILES string of the molecule is CN(C1CC2CCC(C1)N2)S(=O)(=O)c1cc(Br)ccc1Br. The molecule has 1 N–H and O–H groups in total. The second kappa shape index (κ2) is 5.92. The fourth-order valence-electron chi connectivity index (χ4n) is 3.35. The highest BCUT2D eigenvalue weighted by Crippen LogP contribution is 2.34. The van der Waals surface area contributed by atoms with Crippen LogP contribution in [0.15, 0.2) is 32.0 Å². The van der Waals surface area contributed by atoms with Crippen LogP contribution in [0.5, 0.6) is 0 Å². The van der Waals surface area contributed by atoms with Gasteiger partial charge in [0.2, 0.25) is 10.0 Å². The molecular weight excluding hydrogens is 420 g/mol. The van der Waals surface area contributed by atoms with E-state index in [0.29, 0.717) is 21.5 Å². The summed E-state index contributed by atoms with van der Waals surface area (Å²) >= 11 is 6.70. The highest BCUT2D eigenvalue weighted by atomic mass is 79.9. The van der Waals surface area contributed by atoms with E-state index >= 15 is 0 Å². The predicted molar refractivity (Wildman–Crippen MR) is 89.8 cm³/mol. The van der Waals surface area contributed by atoms with E-state index in [-0.39, 0.29) is 6.04 Å². The number of fused-ring (bicyclic) bond motifs is 2. The maximum Gasteiger partial charge on any atom is 0.244 e. The summed E-state index contributed by atoms with van der Waals surface area (Å²) < 4.78 is 28.7. The van der Waals surface area contributed by atoms with E-state index in [4.69, 9.17) is 0 Å². The Hall–Kier alpha value is 0.0500. The fraction of sp³-hybridized carbons (Fsp3) is 0.571. The monoisotopic (exact) mass is 436 g/mol. The predicted octanol–water partition coefficient (Wildman–Crippen LogP) is 3.12. The molecule has 2 fully saturated rings. The van der Waals surface area contributed by atoms with Gasteiger partial charge in [-0.05, 0) is 59.8 Å². The van der Waals surface area contributed by atoms with E-state index in [1.54, 1.807) is 23.5 Å². The van der Waals surface area contributed by atoms with Gasteiger partial charge in [-0.2, -0.15) is 4.31 Å². The Morgan fingerprint density at radius 3 is 2.43 bits per heavy atom. The Labute approximate surface area is 142 Å². The minimum Gasteiger partial charge on any atom is -0.311 e. The van der Waals surface area contributed by atoms with E-state index in [1.165, 1.54) is 0 Å². The maximum absolute atomic E-state index is 12.9. The summed E-state index contributed by atoms with van der Waals surface area (Å²) in [6.07, 6.45) is 4.13. The van der Waals surface area contributed by atoms with Crippen LogP contribution in [-0.2, 0) is 10.0 Å². The second-order valence-electron chi connectivity index (χ2n) is 5.86. The topological polar surface area (TPSA) is 49.4 Å². The number of nitrogens with one attached hydrogen (secondary N) is 1. The number of piperidine rings is 1. The first-order valence-corrected chi connectivity index (χ1v) is 10.1. The molecule has 21 heavy (non-hydrogen) atoms. The van der Waals surface area contributed by atoms with Crippen LogP contribution in [-0.4, -0.2) is 37.9 Å². The molecule has 0 aliphatic carbocycles. The quantitative estimate of drug-likeness (QED) is 0.790. The third-order valence-electron chi connectivity index (χ3n) is 4.51. The van der Waals surface area contributed by atoms with Gasteiger partial charge in [0.1, 0.15) is 0 Å². The summed E-state index contributed by atoms with van der Waals surface area (Å²) in [6, 6.07) is 6.27. The summed E-state index contributed by atoms with van der Waals surface area (Å²) in [5.41, 5.74) is 0. The van der Waals surface area contributed by atoms with Crippen molar-refractivity contribution in [3.8, 4) is 0 Å². The van der Waals surface area contributed by atoms with E-state index in [9.17, 15) is 8.42 Å². The molecule has 116 valence electrons. The minimum absolute atomic E-state index is 0.0830. The van der Waals surface area contributed by atoms with Crippen molar-refractivity contribution in [2.75, 3.05) is 7.05 Å². The smallest absolute Gasteiger partial charge is 0.244 e. The van der Waals surface area contributed by atoms with Crippen molar-refractivity contribution in [3.05, 3.63) is 27.1 Å². The van der Waals surface area contributed by atoms with Crippen LogP contribution >= 0.6 is 31.9 Å². The van der Waals surface area contributed by atoms with Crippen molar-refractivity contribution in [2.45, 2.75) is 48.7 Å². The van der Waals surface area contributed by atoms with Crippen LogP contribution in [0.4, 0.5) is 0 Å². The van der Waals surface area contributed by atoms with Crippen LogP contribution < -0.4 is 5.32 Å². The number of benzene rings is 1. The maximum atomic E-state index is 12.9. The zero-order chi connectivity index (χ0) is 15.2. The van der Waals surface area contributed by atoms with Gasteiger partial charge in [0.05, 0.1) is 4.90 Å². The molecule has 1 aromatic rings. The molecule has 2 unspecified atom stereocenters. The average molecular weight is 438 g/mol. The van der Waals surface area contributed by atoms with Gasteiger partial charge in [-0.15, -0.1) is 0 Å². The summed E-state index contributed by atoms with van der Waals surface area (Å²) in [5, 5.41) is 3.55. The molecule has 2 atom stereocenters. The molecule has 4 nitrogen and oxygen atoms in total. The van der Waals surface area contributed by atoms with Crippen molar-refractivity contribution in [2.24, 2.45) is 0 Å². The standard InChI is InChI=1S/C14H18Br2N2O2S/c1-18(12-7-10-3-4-11(8-12)17-10)21(19,20)14-6-9(15)2-5-13(14)16/h2,5-6,10-12,17H,3-4,7-8H2,1H3. The number of nitrogens with zero attached hydrogens (tertiary/aromatic N) is 1. The van der Waals surface area contributed by atoms with Gasteiger partial charge in [-0.3, -0.25) is 0 Å². The molecule has 1 aromatic carbocycles. The zero-order valence-electron chi connectivity index (χ0n) is 11.7. The van der Waals surface area contributed by atoms with Crippen LogP contribution in [0.25, 0.3) is 0 Å². The van der Waals surface area contributed by atoms with Gasteiger partial charge >= 0.3 is 0 Å². The second-order valence-corrected chi connectivity index (χ2v) is 9.60. The molecule has 2 saturated heterocycles. The highest BCUT2D eigenvalue weighted by molar-refractivity contribution is 9.11. The van der Waals surface area contributed by atoms with Gasteiger partial charge in [-0.25, -0.2) is 8.42 Å². The fourth-order valence-corrected chi connectivity index (χ4v) is 6.19. The lowest BCUT2D eigenvalue weighted by atomic mass is 10.0. The van der Waals surface area contributed by atoms with E-state index in [1.807, 2.05) is 6.07 Å². The number of hydrogen-bond acceptors (Lipinski definition) is 3. The van der Waals surface area contributed by atoms with Gasteiger partial charge in [0.15, 0.2) is 0 Å². The molecule has 2 heterocycles. The third-order valence-corrected chi connectivity index (χ3v) is 7.91. The average Bonchev–Trinajstić information content (AvgIpc) is 2.79. The molecular formula is C14H18Br2N2O2S. The molecule has 3 rings (SSSR count). The van der Waals surface area contributed by atoms with Crippen molar-refractivity contribution in [1.82, 2.24) is 9.62 Å². The zero-order valence-corrected chi connectivity index (χ0v) is 15.7. The molecule has 0 spiro atoms. The Morgan fingerprint density at radius 1 is 1.19 bits per heavy atom. The lowest BCUT2D eigenvalue weighted by molar-refractivity contribution is 0.251. The first kappa shape index (κ1) is 15.9. The molecule has 0 amide bonds. The van der Waals surface area contributed by atoms with Gasteiger partial charge < -0.3 is 5.32 Å². The van der Waals surface area contributed by atoms with E-state index in [0.717, 1.165) is 30.2 Å². The van der Waals surface area contributed by atoms with Gasteiger partial charge in [-0.1, -0.05) is 15.9 Å². The van der Waals surface area contributed by atoms with Crippen LogP contribution in [0.1, 0.15) is 25.7 Å². The Morgan fingerprint density at radius 2 is 1.81 bits per heavy atom. The summed E-state index contributed by atoms with van der Waals surface area (Å²) in [4.78, 5) is 0.324. The van der Waals surface area contributed by atoms with Crippen molar-refractivity contribution < 1.29 is 8.42 Å². The normalized spacial score (nSPS) is 29.0. The number of sulfonamides is 1. The molecule has 7 heteroatoms. The molecule has 0 aromatic heterocycles. The highest BCUT2D eigenvalue weighted by Gasteiger charge is 2.39. The lowest BCUT2D eigenvalue weighted by Gasteiger charge is -2.35. The Balaban J connectivity index is 1.89. The van der Waals surface area contributed by atoms with Crippen LogP contribution in [0.3, 0.4) is 0 Å².